The number of nitrogens with zero attached hydrogens (tertiary/aromatic N) is 5. The van der Waals surface area contributed by atoms with Crippen molar-refractivity contribution in [1.82, 2.24) is 24.9 Å². The topological polar surface area (TPSA) is 97.7 Å². The molecule has 3 aromatic heterocycles. The van der Waals surface area contributed by atoms with E-state index in [-0.39, 0.29) is 29.1 Å². The molecule has 0 amide bonds. The maximum atomic E-state index is 14.2. The van der Waals surface area contributed by atoms with Gasteiger partial charge in [0.15, 0.2) is 5.82 Å². The Bertz CT molecular complexity index is 1270. The lowest BCUT2D eigenvalue weighted by Gasteiger charge is -2.23. The van der Waals surface area contributed by atoms with Gasteiger partial charge in [0.2, 0.25) is 11.9 Å². The van der Waals surface area contributed by atoms with Crippen LogP contribution in [0.15, 0.2) is 49.2 Å². The lowest BCUT2D eigenvalue weighted by molar-refractivity contribution is -0.0127. The molecule has 196 valence electrons. The van der Waals surface area contributed by atoms with E-state index < -0.39 is 35.3 Å². The number of anilines is 3. The smallest absolute Gasteiger partial charge is 0.307 e. The third-order valence-electron chi connectivity index (χ3n) is 5.97. The van der Waals surface area contributed by atoms with Crippen molar-refractivity contribution >= 4 is 17.6 Å². The van der Waals surface area contributed by atoms with Gasteiger partial charge in [-0.3, -0.25) is 4.98 Å². The van der Waals surface area contributed by atoms with Gasteiger partial charge in [0.05, 0.1) is 5.60 Å². The molecule has 12 heteroatoms. The molecule has 8 nitrogen and oxygen atoms in total. The van der Waals surface area contributed by atoms with E-state index in [2.05, 4.69) is 42.1 Å². The van der Waals surface area contributed by atoms with E-state index >= 15 is 0 Å². The first-order chi connectivity index (χ1) is 17.5. The van der Waals surface area contributed by atoms with Crippen LogP contribution in [0, 0.1) is 0 Å². The highest BCUT2D eigenvalue weighted by molar-refractivity contribution is 5.59. The standard InChI is InChI=1S/C25H27F4N7O/c1-4-24(26,27)18-9-6-8-17(33-18)20-34-21(31-15-23(3)11-7-13-37-23)36-22(35-20)32-16-10-12-30-19(14-16)25(28,29)5-2/h4,6,8-10,12,14H,1,5,7,11,13,15H2,2-3H3,(H2,30,31,32,34,35,36). The summed E-state index contributed by atoms with van der Waals surface area (Å²) in [7, 11) is 0. The normalized spacial score (nSPS) is 18.0. The van der Waals surface area contributed by atoms with Gasteiger partial charge in [0.25, 0.3) is 5.92 Å². The number of ether oxygens (including phenoxy) is 1. The molecule has 1 fully saturated rings. The monoisotopic (exact) mass is 517 g/mol. The van der Waals surface area contributed by atoms with Gasteiger partial charge in [0.1, 0.15) is 17.1 Å². The van der Waals surface area contributed by atoms with E-state index in [1.165, 1.54) is 43.5 Å². The Labute approximate surface area is 211 Å². The highest BCUT2D eigenvalue weighted by Gasteiger charge is 2.32. The van der Waals surface area contributed by atoms with Crippen LogP contribution in [0.4, 0.5) is 35.1 Å². The van der Waals surface area contributed by atoms with Crippen molar-refractivity contribution in [1.29, 1.82) is 0 Å². The van der Waals surface area contributed by atoms with Gasteiger partial charge in [-0.1, -0.05) is 19.6 Å². The first kappa shape index (κ1) is 26.4. The zero-order chi connectivity index (χ0) is 26.7. The van der Waals surface area contributed by atoms with Crippen LogP contribution in [0.1, 0.15) is 44.5 Å². The Morgan fingerprint density at radius 3 is 2.57 bits per heavy atom. The molecule has 4 rings (SSSR count). The molecule has 0 aliphatic carbocycles. The second-order valence-electron chi connectivity index (χ2n) is 8.91. The summed E-state index contributed by atoms with van der Waals surface area (Å²) < 4.78 is 62.5. The fraction of sp³-hybridized carbons (Fsp3) is 0.400. The molecule has 0 aromatic carbocycles. The fourth-order valence-corrected chi connectivity index (χ4v) is 3.74. The zero-order valence-corrected chi connectivity index (χ0v) is 20.4. The van der Waals surface area contributed by atoms with Gasteiger partial charge in [-0.2, -0.15) is 32.5 Å². The Morgan fingerprint density at radius 1 is 1.08 bits per heavy atom. The largest absolute Gasteiger partial charge is 0.373 e. The number of nitrogens with one attached hydrogen (secondary N) is 2. The number of halogens is 4. The second-order valence-corrected chi connectivity index (χ2v) is 8.91. The van der Waals surface area contributed by atoms with Crippen LogP contribution in [0.25, 0.3) is 11.5 Å². The van der Waals surface area contributed by atoms with Crippen LogP contribution in [0.3, 0.4) is 0 Å². The van der Waals surface area contributed by atoms with Crippen molar-refractivity contribution in [2.75, 3.05) is 23.8 Å². The van der Waals surface area contributed by atoms with E-state index in [0.717, 1.165) is 12.8 Å². The van der Waals surface area contributed by atoms with Gasteiger partial charge >= 0.3 is 5.92 Å². The summed E-state index contributed by atoms with van der Waals surface area (Å²) in [6.45, 7) is 7.53. The summed E-state index contributed by atoms with van der Waals surface area (Å²) in [6.07, 6.45) is 3.11. The van der Waals surface area contributed by atoms with Gasteiger partial charge in [0, 0.05) is 31.5 Å². The number of allylic oxidation sites excluding steroid dienone is 1. The van der Waals surface area contributed by atoms with Crippen LogP contribution < -0.4 is 10.6 Å². The minimum atomic E-state index is -3.35. The summed E-state index contributed by atoms with van der Waals surface area (Å²) in [4.78, 5) is 20.8. The quantitative estimate of drug-likeness (QED) is 0.256. The van der Waals surface area contributed by atoms with Crippen molar-refractivity contribution in [3.8, 4) is 11.5 Å². The van der Waals surface area contributed by atoms with Crippen LogP contribution >= 0.6 is 0 Å². The van der Waals surface area contributed by atoms with Crippen molar-refractivity contribution in [3.05, 3.63) is 60.6 Å². The SMILES string of the molecule is C=CC(F)(F)c1cccc(-c2nc(NCC3(C)CCCO3)nc(Nc3ccnc(C(F)(F)CC)c3)n2)n1. The van der Waals surface area contributed by atoms with Crippen molar-refractivity contribution in [2.45, 2.75) is 50.6 Å². The lowest BCUT2D eigenvalue weighted by Crippen LogP contribution is -2.33. The average Bonchev–Trinajstić information content (AvgIpc) is 3.34. The fourth-order valence-electron chi connectivity index (χ4n) is 3.74. The molecule has 2 N–H and O–H groups in total. The maximum absolute atomic E-state index is 14.2. The van der Waals surface area contributed by atoms with E-state index in [4.69, 9.17) is 4.74 Å². The number of pyridine rings is 2. The van der Waals surface area contributed by atoms with Gasteiger partial charge in [-0.05, 0) is 50.1 Å². The number of hydrogen-bond donors (Lipinski definition) is 2. The van der Waals surface area contributed by atoms with Crippen LogP contribution in [0.2, 0.25) is 0 Å². The first-order valence-electron chi connectivity index (χ1n) is 11.8. The highest BCUT2D eigenvalue weighted by Crippen LogP contribution is 2.32. The highest BCUT2D eigenvalue weighted by atomic mass is 19.3. The molecule has 0 radical (unpaired) electrons. The van der Waals surface area contributed by atoms with Crippen molar-refractivity contribution in [3.63, 3.8) is 0 Å². The van der Waals surface area contributed by atoms with E-state index in [0.29, 0.717) is 19.2 Å². The minimum Gasteiger partial charge on any atom is -0.373 e. The Morgan fingerprint density at radius 2 is 1.86 bits per heavy atom. The third-order valence-corrected chi connectivity index (χ3v) is 5.97. The molecule has 1 aliphatic heterocycles. The number of hydrogen-bond acceptors (Lipinski definition) is 8. The summed E-state index contributed by atoms with van der Waals surface area (Å²) in [5, 5.41) is 6.00. The second kappa shape index (κ2) is 10.4. The molecule has 4 heterocycles. The molecule has 0 saturated carbocycles. The summed E-state index contributed by atoms with van der Waals surface area (Å²) in [5.41, 5.74) is -0.996. The predicted octanol–water partition coefficient (Wildman–Crippen LogP) is 5.83. The number of aromatic nitrogens is 5. The summed E-state index contributed by atoms with van der Waals surface area (Å²) >= 11 is 0. The molecular weight excluding hydrogens is 490 g/mol. The molecule has 0 bridgehead atoms. The molecular formula is C25H27F4N7O. The Hall–Kier alpha value is -3.67. The third kappa shape index (κ3) is 6.19. The lowest BCUT2D eigenvalue weighted by atomic mass is 10.0. The van der Waals surface area contributed by atoms with Crippen LogP contribution in [-0.4, -0.2) is 43.7 Å². The van der Waals surface area contributed by atoms with Gasteiger partial charge in [-0.15, -0.1) is 0 Å². The van der Waals surface area contributed by atoms with Gasteiger partial charge in [-0.25, -0.2) is 4.98 Å². The molecule has 1 saturated heterocycles. The molecule has 3 aromatic rings. The maximum Gasteiger partial charge on any atom is 0.307 e. The average molecular weight is 518 g/mol. The Kier molecular flexibility index (Phi) is 7.39. The number of rotatable bonds is 10. The zero-order valence-electron chi connectivity index (χ0n) is 20.4. The van der Waals surface area contributed by atoms with Gasteiger partial charge < -0.3 is 15.4 Å². The molecule has 1 atom stereocenters. The molecule has 1 aliphatic rings. The molecule has 1 unspecified atom stereocenters. The van der Waals surface area contributed by atoms with Crippen LogP contribution in [0.5, 0.6) is 0 Å². The molecule has 37 heavy (non-hydrogen) atoms. The van der Waals surface area contributed by atoms with E-state index in [1.807, 2.05) is 6.92 Å². The molecule has 0 spiro atoms. The minimum absolute atomic E-state index is 0.00430. The van der Waals surface area contributed by atoms with Crippen LogP contribution in [-0.2, 0) is 16.6 Å². The summed E-state index contributed by atoms with van der Waals surface area (Å²) in [6, 6.07) is 6.77. The first-order valence-corrected chi connectivity index (χ1v) is 11.8. The van der Waals surface area contributed by atoms with Crippen molar-refractivity contribution < 1.29 is 22.3 Å². The predicted molar refractivity (Wildman–Crippen MR) is 131 cm³/mol. The van der Waals surface area contributed by atoms with E-state index in [1.54, 1.807) is 0 Å². The number of alkyl halides is 4. The Balaban J connectivity index is 1.70. The summed E-state index contributed by atoms with van der Waals surface area (Å²) in [5.74, 6) is -6.30. The van der Waals surface area contributed by atoms with E-state index in [9.17, 15) is 17.6 Å². The van der Waals surface area contributed by atoms with Crippen molar-refractivity contribution in [2.24, 2.45) is 0 Å².